The number of likely N-dealkylation sites (tertiary alicyclic amines) is 1. The summed E-state index contributed by atoms with van der Waals surface area (Å²) in [6.07, 6.45) is 6.56. The number of hydrogen-bond donors (Lipinski definition) is 2. The first-order valence-electron chi connectivity index (χ1n) is 9.20. The third-order valence-electron chi connectivity index (χ3n) is 4.86. The molecule has 136 valence electrons. The minimum absolute atomic E-state index is 0. The maximum Gasteiger partial charge on any atom is 0.191 e. The summed E-state index contributed by atoms with van der Waals surface area (Å²) in [5, 5.41) is 7.07. The predicted octanol–water partition coefficient (Wildman–Crippen LogP) is 2.13. The Kier molecular flexibility index (Phi) is 10.5. The summed E-state index contributed by atoms with van der Waals surface area (Å²) in [6.45, 7) is 11.3. The predicted molar refractivity (Wildman–Crippen MR) is 110 cm³/mol. The maximum atomic E-state index is 4.38. The molecule has 5 nitrogen and oxygen atoms in total. The Hall–Kier alpha value is -0.0800. The molecule has 2 rings (SSSR count). The van der Waals surface area contributed by atoms with Gasteiger partial charge < -0.3 is 20.4 Å². The second-order valence-corrected chi connectivity index (χ2v) is 6.62. The number of nitrogens with zero attached hydrogens (tertiary/aromatic N) is 3. The topological polar surface area (TPSA) is 42.9 Å². The molecule has 0 aromatic heterocycles. The van der Waals surface area contributed by atoms with E-state index in [-0.39, 0.29) is 24.0 Å². The summed E-state index contributed by atoms with van der Waals surface area (Å²) in [7, 11) is 1.87. The molecule has 6 heteroatoms. The first-order valence-corrected chi connectivity index (χ1v) is 9.20. The van der Waals surface area contributed by atoms with Crippen molar-refractivity contribution in [3.8, 4) is 0 Å². The van der Waals surface area contributed by atoms with Crippen molar-refractivity contribution in [1.82, 2.24) is 20.4 Å². The molecule has 0 aromatic rings. The van der Waals surface area contributed by atoms with Crippen LogP contribution in [0.5, 0.6) is 0 Å². The van der Waals surface area contributed by atoms with E-state index in [9.17, 15) is 0 Å². The molecule has 2 aliphatic rings. The molecule has 0 spiro atoms. The van der Waals surface area contributed by atoms with E-state index in [4.69, 9.17) is 0 Å². The third kappa shape index (κ3) is 7.56. The van der Waals surface area contributed by atoms with Crippen molar-refractivity contribution in [3.05, 3.63) is 0 Å². The van der Waals surface area contributed by atoms with E-state index >= 15 is 0 Å². The molecule has 0 radical (unpaired) electrons. The van der Waals surface area contributed by atoms with Crippen LogP contribution in [0.3, 0.4) is 0 Å². The number of likely N-dealkylation sites (N-methyl/N-ethyl adjacent to an activating group) is 1. The summed E-state index contributed by atoms with van der Waals surface area (Å²) in [5.74, 6) is 0.970. The van der Waals surface area contributed by atoms with Gasteiger partial charge in [-0.2, -0.15) is 0 Å². The van der Waals surface area contributed by atoms with Crippen molar-refractivity contribution in [1.29, 1.82) is 0 Å². The second-order valence-electron chi connectivity index (χ2n) is 6.62. The number of guanidine groups is 1. The fourth-order valence-electron chi connectivity index (χ4n) is 3.31. The van der Waals surface area contributed by atoms with Crippen molar-refractivity contribution < 1.29 is 0 Å². The van der Waals surface area contributed by atoms with Crippen LogP contribution in [-0.4, -0.2) is 74.2 Å². The van der Waals surface area contributed by atoms with Crippen LogP contribution < -0.4 is 10.6 Å². The lowest BCUT2D eigenvalue weighted by atomic mass is 10.1. The van der Waals surface area contributed by atoms with Gasteiger partial charge >= 0.3 is 0 Å². The minimum Gasteiger partial charge on any atom is -0.355 e. The molecule has 0 amide bonds. The van der Waals surface area contributed by atoms with Crippen molar-refractivity contribution >= 4 is 29.9 Å². The van der Waals surface area contributed by atoms with Crippen LogP contribution in [-0.2, 0) is 0 Å². The summed E-state index contributed by atoms with van der Waals surface area (Å²) < 4.78 is 0. The van der Waals surface area contributed by atoms with Crippen molar-refractivity contribution in [3.63, 3.8) is 0 Å². The lowest BCUT2D eigenvalue weighted by molar-refractivity contribution is 0.197. The number of aliphatic imine (C=N–C) groups is 1. The third-order valence-corrected chi connectivity index (χ3v) is 4.86. The number of piperidine rings is 1. The molecule has 1 heterocycles. The highest BCUT2D eigenvalue weighted by molar-refractivity contribution is 14.0. The van der Waals surface area contributed by atoms with Crippen LogP contribution in [0.2, 0.25) is 0 Å². The van der Waals surface area contributed by atoms with E-state index in [1.165, 1.54) is 51.7 Å². The summed E-state index contributed by atoms with van der Waals surface area (Å²) in [6, 6.07) is 1.50. The molecular formula is C17H36IN5. The highest BCUT2D eigenvalue weighted by atomic mass is 127. The molecular weight excluding hydrogens is 401 g/mol. The standard InChI is InChI=1S/C17H35N5.HI/c1-4-11-21(5-2)14-10-19-17(18-3)20-15-8-12-22(13-9-15)16-6-7-16;/h15-16H,4-14H2,1-3H3,(H2,18,19,20);1H. The molecule has 0 atom stereocenters. The molecule has 1 saturated heterocycles. The Bertz CT molecular complexity index is 338. The average Bonchev–Trinajstić information content (AvgIpc) is 3.38. The van der Waals surface area contributed by atoms with Crippen LogP contribution in [0.25, 0.3) is 0 Å². The van der Waals surface area contributed by atoms with Crippen molar-refractivity contribution in [2.45, 2.75) is 58.0 Å². The fraction of sp³-hybridized carbons (Fsp3) is 0.941. The molecule has 0 aromatic carbocycles. The van der Waals surface area contributed by atoms with Crippen LogP contribution >= 0.6 is 24.0 Å². The van der Waals surface area contributed by atoms with Gasteiger partial charge in [-0.25, -0.2) is 0 Å². The molecule has 1 saturated carbocycles. The van der Waals surface area contributed by atoms with Gasteiger partial charge in [-0.1, -0.05) is 13.8 Å². The normalized spacial score (nSPS) is 20.4. The van der Waals surface area contributed by atoms with Crippen LogP contribution in [0.1, 0.15) is 46.0 Å². The Labute approximate surface area is 159 Å². The first-order chi connectivity index (χ1) is 10.8. The van der Waals surface area contributed by atoms with E-state index in [0.29, 0.717) is 6.04 Å². The van der Waals surface area contributed by atoms with Crippen LogP contribution in [0, 0.1) is 0 Å². The smallest absolute Gasteiger partial charge is 0.191 e. The molecule has 2 N–H and O–H groups in total. The zero-order chi connectivity index (χ0) is 15.8. The maximum absolute atomic E-state index is 4.38. The molecule has 1 aliphatic carbocycles. The molecule has 2 fully saturated rings. The van der Waals surface area contributed by atoms with Gasteiger partial charge in [-0.3, -0.25) is 4.99 Å². The van der Waals surface area contributed by atoms with Gasteiger partial charge in [-0.05, 0) is 45.2 Å². The Morgan fingerprint density at radius 2 is 1.83 bits per heavy atom. The van der Waals surface area contributed by atoms with Gasteiger partial charge in [0.2, 0.25) is 0 Å². The van der Waals surface area contributed by atoms with Gasteiger partial charge in [0.15, 0.2) is 5.96 Å². The van der Waals surface area contributed by atoms with Gasteiger partial charge in [0.25, 0.3) is 0 Å². The van der Waals surface area contributed by atoms with E-state index < -0.39 is 0 Å². The van der Waals surface area contributed by atoms with Crippen molar-refractivity contribution in [2.24, 2.45) is 4.99 Å². The largest absolute Gasteiger partial charge is 0.355 e. The van der Waals surface area contributed by atoms with Gasteiger partial charge in [-0.15, -0.1) is 24.0 Å². The second kappa shape index (κ2) is 11.5. The number of nitrogens with one attached hydrogen (secondary N) is 2. The van der Waals surface area contributed by atoms with Crippen LogP contribution in [0.15, 0.2) is 4.99 Å². The Morgan fingerprint density at radius 1 is 1.13 bits per heavy atom. The van der Waals surface area contributed by atoms with Crippen molar-refractivity contribution in [2.75, 3.05) is 46.3 Å². The summed E-state index contributed by atoms with van der Waals surface area (Å²) in [5.41, 5.74) is 0. The number of halogens is 1. The average molecular weight is 437 g/mol. The van der Waals surface area contributed by atoms with Gasteiger partial charge in [0.1, 0.15) is 0 Å². The first kappa shape index (κ1) is 21.0. The SMILES string of the molecule is CCCN(CC)CCNC(=NC)NC1CCN(C2CC2)CC1.I. The number of rotatable bonds is 8. The summed E-state index contributed by atoms with van der Waals surface area (Å²) >= 11 is 0. The number of hydrogen-bond acceptors (Lipinski definition) is 3. The monoisotopic (exact) mass is 437 g/mol. The molecule has 1 aliphatic heterocycles. The Morgan fingerprint density at radius 3 is 2.35 bits per heavy atom. The zero-order valence-electron chi connectivity index (χ0n) is 15.2. The highest BCUT2D eigenvalue weighted by Gasteiger charge is 2.31. The highest BCUT2D eigenvalue weighted by Crippen LogP contribution is 2.29. The summed E-state index contributed by atoms with van der Waals surface area (Å²) in [4.78, 5) is 9.53. The minimum atomic E-state index is 0. The lowest BCUT2D eigenvalue weighted by Crippen LogP contribution is -2.50. The molecule has 0 unspecified atom stereocenters. The molecule has 23 heavy (non-hydrogen) atoms. The lowest BCUT2D eigenvalue weighted by Gasteiger charge is -2.33. The zero-order valence-corrected chi connectivity index (χ0v) is 17.5. The van der Waals surface area contributed by atoms with E-state index in [2.05, 4.69) is 39.3 Å². The van der Waals surface area contributed by atoms with E-state index in [1.807, 2.05) is 7.05 Å². The van der Waals surface area contributed by atoms with Gasteiger partial charge in [0, 0.05) is 45.3 Å². The Balaban J connectivity index is 0.00000264. The van der Waals surface area contributed by atoms with Crippen LogP contribution in [0.4, 0.5) is 0 Å². The molecule has 0 bridgehead atoms. The van der Waals surface area contributed by atoms with Gasteiger partial charge in [0.05, 0.1) is 0 Å². The van der Waals surface area contributed by atoms with E-state index in [1.54, 1.807) is 0 Å². The fourth-order valence-corrected chi connectivity index (χ4v) is 3.31. The van der Waals surface area contributed by atoms with E-state index in [0.717, 1.165) is 31.6 Å². The quantitative estimate of drug-likeness (QED) is 0.347.